The molecule has 0 fully saturated rings. The van der Waals surface area contributed by atoms with E-state index in [0.717, 1.165) is 22.6 Å². The Morgan fingerprint density at radius 1 is 1.07 bits per heavy atom. The lowest BCUT2D eigenvalue weighted by Crippen LogP contribution is -1.95. The molecular formula is C19H18ClN3O3S. The van der Waals surface area contributed by atoms with Crippen LogP contribution in [0.1, 0.15) is 5.56 Å². The smallest absolute Gasteiger partial charge is 0.203 e. The summed E-state index contributed by atoms with van der Waals surface area (Å²) in [5, 5.41) is 7.28. The summed E-state index contributed by atoms with van der Waals surface area (Å²) in [5.41, 5.74) is 5.45. The summed E-state index contributed by atoms with van der Waals surface area (Å²) >= 11 is 7.65. The monoisotopic (exact) mass is 403 g/mol. The Hall–Kier alpha value is -2.77. The number of hydrogen-bond acceptors (Lipinski definition) is 7. The standard InChI is InChI=1S/C19H18ClN3O3S/c1-24-16-7-5-4-6-13(16)15-11-27-19(22-15)23-21-10-12-8-14(20)18(26-3)17(9-12)25-2/h4-11H,1-3H3,(H,22,23)/b21-10-. The number of hydrazone groups is 1. The van der Waals surface area contributed by atoms with E-state index >= 15 is 0 Å². The number of hydrogen-bond donors (Lipinski definition) is 1. The van der Waals surface area contributed by atoms with E-state index in [1.807, 2.05) is 29.6 Å². The summed E-state index contributed by atoms with van der Waals surface area (Å²) in [6.07, 6.45) is 1.64. The number of aromatic nitrogens is 1. The van der Waals surface area contributed by atoms with E-state index < -0.39 is 0 Å². The first kappa shape index (κ1) is 19.0. The van der Waals surface area contributed by atoms with Gasteiger partial charge in [-0.1, -0.05) is 23.7 Å². The third-order valence-electron chi connectivity index (χ3n) is 3.72. The van der Waals surface area contributed by atoms with Crippen molar-refractivity contribution in [1.82, 2.24) is 4.98 Å². The molecule has 3 rings (SSSR count). The second kappa shape index (κ2) is 8.75. The fraction of sp³-hybridized carbons (Fsp3) is 0.158. The van der Waals surface area contributed by atoms with E-state index in [-0.39, 0.29) is 0 Å². The van der Waals surface area contributed by atoms with Gasteiger partial charge >= 0.3 is 0 Å². The molecule has 6 nitrogen and oxygen atoms in total. The molecule has 3 aromatic rings. The van der Waals surface area contributed by atoms with Gasteiger partial charge in [0.1, 0.15) is 5.75 Å². The molecule has 0 aliphatic rings. The van der Waals surface area contributed by atoms with Crippen molar-refractivity contribution in [2.24, 2.45) is 5.10 Å². The molecule has 0 atom stereocenters. The summed E-state index contributed by atoms with van der Waals surface area (Å²) in [6.45, 7) is 0. The molecule has 0 radical (unpaired) electrons. The van der Waals surface area contributed by atoms with Gasteiger partial charge in [0.05, 0.1) is 38.3 Å². The highest BCUT2D eigenvalue weighted by molar-refractivity contribution is 7.14. The summed E-state index contributed by atoms with van der Waals surface area (Å²) in [5.74, 6) is 1.81. The Labute approximate surface area is 166 Å². The molecule has 0 saturated carbocycles. The molecule has 0 spiro atoms. The molecular weight excluding hydrogens is 386 g/mol. The zero-order valence-electron chi connectivity index (χ0n) is 15.0. The number of nitrogens with one attached hydrogen (secondary N) is 1. The Balaban J connectivity index is 1.74. The second-order valence-corrected chi connectivity index (χ2v) is 6.61. The number of halogens is 1. The Morgan fingerprint density at radius 2 is 1.85 bits per heavy atom. The van der Waals surface area contributed by atoms with Gasteiger partial charge in [-0.15, -0.1) is 11.3 Å². The Kier molecular flexibility index (Phi) is 6.16. The van der Waals surface area contributed by atoms with Gasteiger partial charge in [0, 0.05) is 10.9 Å². The summed E-state index contributed by atoms with van der Waals surface area (Å²) in [4.78, 5) is 4.54. The topological polar surface area (TPSA) is 65.0 Å². The summed E-state index contributed by atoms with van der Waals surface area (Å²) in [7, 11) is 4.74. The molecule has 8 heteroatoms. The van der Waals surface area contributed by atoms with Crippen LogP contribution in [0.25, 0.3) is 11.3 Å². The summed E-state index contributed by atoms with van der Waals surface area (Å²) in [6, 6.07) is 11.3. The third kappa shape index (κ3) is 4.32. The highest BCUT2D eigenvalue weighted by atomic mass is 35.5. The van der Waals surface area contributed by atoms with Gasteiger partial charge in [-0.25, -0.2) is 4.98 Å². The molecule has 27 heavy (non-hydrogen) atoms. The zero-order chi connectivity index (χ0) is 19.2. The van der Waals surface area contributed by atoms with Crippen LogP contribution in [-0.4, -0.2) is 32.5 Å². The minimum absolute atomic E-state index is 0.450. The fourth-order valence-corrected chi connectivity index (χ4v) is 3.44. The van der Waals surface area contributed by atoms with Crippen molar-refractivity contribution < 1.29 is 14.2 Å². The number of anilines is 1. The third-order valence-corrected chi connectivity index (χ3v) is 4.74. The number of rotatable bonds is 7. The molecule has 1 heterocycles. The minimum atomic E-state index is 0.450. The molecule has 2 aromatic carbocycles. The number of methoxy groups -OCH3 is 3. The Morgan fingerprint density at radius 3 is 2.59 bits per heavy atom. The van der Waals surface area contributed by atoms with E-state index in [2.05, 4.69) is 15.5 Å². The normalized spacial score (nSPS) is 10.8. The van der Waals surface area contributed by atoms with Gasteiger partial charge < -0.3 is 14.2 Å². The van der Waals surface area contributed by atoms with Crippen molar-refractivity contribution >= 4 is 34.3 Å². The largest absolute Gasteiger partial charge is 0.496 e. The number of benzene rings is 2. The molecule has 1 aromatic heterocycles. The average molecular weight is 404 g/mol. The van der Waals surface area contributed by atoms with Gasteiger partial charge in [-0.2, -0.15) is 5.10 Å². The first-order valence-electron chi connectivity index (χ1n) is 7.95. The minimum Gasteiger partial charge on any atom is -0.496 e. The van der Waals surface area contributed by atoms with Crippen LogP contribution in [0.4, 0.5) is 5.13 Å². The van der Waals surface area contributed by atoms with Crippen molar-refractivity contribution in [3.63, 3.8) is 0 Å². The molecule has 0 aliphatic carbocycles. The maximum absolute atomic E-state index is 6.20. The lowest BCUT2D eigenvalue weighted by Gasteiger charge is -2.09. The second-order valence-electron chi connectivity index (χ2n) is 5.35. The van der Waals surface area contributed by atoms with E-state index in [1.165, 1.54) is 11.3 Å². The fourth-order valence-electron chi connectivity index (χ4n) is 2.48. The molecule has 0 bridgehead atoms. The van der Waals surface area contributed by atoms with Gasteiger partial charge in [0.2, 0.25) is 5.13 Å². The maximum Gasteiger partial charge on any atom is 0.203 e. The zero-order valence-corrected chi connectivity index (χ0v) is 16.6. The van der Waals surface area contributed by atoms with Crippen LogP contribution in [-0.2, 0) is 0 Å². The highest BCUT2D eigenvalue weighted by Crippen LogP contribution is 2.35. The predicted octanol–water partition coefficient (Wildman–Crippen LogP) is 4.94. The van der Waals surface area contributed by atoms with Gasteiger partial charge in [-0.3, -0.25) is 5.43 Å². The van der Waals surface area contributed by atoms with E-state index in [4.69, 9.17) is 25.8 Å². The SMILES string of the molecule is COc1ccccc1-c1csc(N/N=C\c2cc(Cl)c(OC)c(OC)c2)n1. The first-order chi connectivity index (χ1) is 13.2. The van der Waals surface area contributed by atoms with Crippen LogP contribution in [0.3, 0.4) is 0 Å². The molecule has 0 aliphatic heterocycles. The molecule has 1 N–H and O–H groups in total. The van der Waals surface area contributed by atoms with Gasteiger partial charge in [0.25, 0.3) is 0 Å². The first-order valence-corrected chi connectivity index (χ1v) is 9.21. The van der Waals surface area contributed by atoms with Gasteiger partial charge in [0.15, 0.2) is 11.5 Å². The highest BCUT2D eigenvalue weighted by Gasteiger charge is 2.11. The van der Waals surface area contributed by atoms with Crippen LogP contribution in [0.2, 0.25) is 5.02 Å². The van der Waals surface area contributed by atoms with E-state index in [9.17, 15) is 0 Å². The van der Waals surface area contributed by atoms with Crippen molar-refractivity contribution in [2.75, 3.05) is 26.8 Å². The van der Waals surface area contributed by atoms with Crippen molar-refractivity contribution in [2.45, 2.75) is 0 Å². The van der Waals surface area contributed by atoms with Crippen LogP contribution in [0.5, 0.6) is 17.2 Å². The number of para-hydroxylation sites is 1. The summed E-state index contributed by atoms with van der Waals surface area (Å²) < 4.78 is 15.9. The van der Waals surface area contributed by atoms with Crippen LogP contribution in [0, 0.1) is 0 Å². The number of nitrogens with zero attached hydrogens (tertiary/aromatic N) is 2. The predicted molar refractivity (Wildman–Crippen MR) is 110 cm³/mol. The Bertz CT molecular complexity index is 959. The van der Waals surface area contributed by atoms with Crippen LogP contribution in [0.15, 0.2) is 46.9 Å². The lowest BCUT2D eigenvalue weighted by molar-refractivity contribution is 0.355. The van der Waals surface area contributed by atoms with E-state index in [0.29, 0.717) is 21.7 Å². The molecule has 0 amide bonds. The van der Waals surface area contributed by atoms with Crippen LogP contribution < -0.4 is 19.6 Å². The van der Waals surface area contributed by atoms with Crippen molar-refractivity contribution in [3.05, 3.63) is 52.4 Å². The molecule has 0 saturated heterocycles. The lowest BCUT2D eigenvalue weighted by atomic mass is 10.1. The van der Waals surface area contributed by atoms with Crippen LogP contribution >= 0.6 is 22.9 Å². The van der Waals surface area contributed by atoms with Crippen molar-refractivity contribution in [1.29, 1.82) is 0 Å². The number of thiazole rings is 1. The molecule has 0 unspecified atom stereocenters. The maximum atomic E-state index is 6.20. The van der Waals surface area contributed by atoms with Gasteiger partial charge in [-0.05, 0) is 29.8 Å². The number of ether oxygens (including phenoxy) is 3. The molecule has 140 valence electrons. The average Bonchev–Trinajstić information content (AvgIpc) is 3.16. The van der Waals surface area contributed by atoms with E-state index in [1.54, 1.807) is 39.7 Å². The van der Waals surface area contributed by atoms with Crippen molar-refractivity contribution in [3.8, 4) is 28.5 Å². The quantitative estimate of drug-likeness (QED) is 0.447.